The molecular weight excluding hydrogens is 274 g/mol. The molecule has 1 aliphatic heterocycles. The molecule has 2 rings (SSSR count). The third-order valence-corrected chi connectivity index (χ3v) is 4.49. The van der Waals surface area contributed by atoms with E-state index in [9.17, 15) is 9.59 Å². The molecule has 1 aliphatic rings. The molecule has 0 spiro atoms. The van der Waals surface area contributed by atoms with E-state index in [1.54, 1.807) is 4.90 Å². The molecule has 1 aromatic rings. The van der Waals surface area contributed by atoms with E-state index < -0.39 is 0 Å². The van der Waals surface area contributed by atoms with Crippen LogP contribution >= 0.6 is 11.3 Å². The molecule has 5 nitrogen and oxygen atoms in total. The van der Waals surface area contributed by atoms with Crippen LogP contribution in [0.4, 0.5) is 5.13 Å². The number of hydrogen-bond acceptors (Lipinski definition) is 4. The molecular formula is C14H21N3O2S. The quantitative estimate of drug-likeness (QED) is 0.903. The molecule has 110 valence electrons. The van der Waals surface area contributed by atoms with Crippen molar-refractivity contribution in [2.24, 2.45) is 5.92 Å². The van der Waals surface area contributed by atoms with Crippen LogP contribution < -0.4 is 10.2 Å². The van der Waals surface area contributed by atoms with Crippen LogP contribution in [0.25, 0.3) is 0 Å². The van der Waals surface area contributed by atoms with Crippen molar-refractivity contribution in [2.45, 2.75) is 46.1 Å². The fourth-order valence-electron chi connectivity index (χ4n) is 1.99. The largest absolute Gasteiger partial charge is 0.353 e. The van der Waals surface area contributed by atoms with Gasteiger partial charge in [-0.2, -0.15) is 0 Å². The third kappa shape index (κ3) is 3.56. The second kappa shape index (κ2) is 6.35. The van der Waals surface area contributed by atoms with Gasteiger partial charge in [-0.25, -0.2) is 4.98 Å². The molecule has 0 unspecified atom stereocenters. The number of aromatic nitrogens is 1. The minimum absolute atomic E-state index is 0.0178. The molecule has 20 heavy (non-hydrogen) atoms. The van der Waals surface area contributed by atoms with Gasteiger partial charge in [0.25, 0.3) is 0 Å². The smallest absolute Gasteiger partial charge is 0.228 e. The first-order valence-corrected chi connectivity index (χ1v) is 7.89. The number of anilines is 1. The first-order valence-electron chi connectivity index (χ1n) is 7.01. The molecule has 6 heteroatoms. The van der Waals surface area contributed by atoms with Gasteiger partial charge in [0.15, 0.2) is 5.13 Å². The van der Waals surface area contributed by atoms with E-state index in [1.807, 2.05) is 12.3 Å². The second-order valence-corrected chi connectivity index (χ2v) is 6.38. The summed E-state index contributed by atoms with van der Waals surface area (Å²) in [6.07, 6.45) is 1.76. The summed E-state index contributed by atoms with van der Waals surface area (Å²) in [5, 5.41) is 5.54. The Balaban J connectivity index is 1.92. The summed E-state index contributed by atoms with van der Waals surface area (Å²) in [5.41, 5.74) is 0.734. The predicted octanol–water partition coefficient (Wildman–Crippen LogP) is 1.97. The van der Waals surface area contributed by atoms with Gasteiger partial charge >= 0.3 is 0 Å². The Kier molecular flexibility index (Phi) is 4.75. The van der Waals surface area contributed by atoms with Crippen LogP contribution in [0.15, 0.2) is 5.38 Å². The maximum Gasteiger partial charge on any atom is 0.228 e. The van der Waals surface area contributed by atoms with Crippen LogP contribution in [0.3, 0.4) is 0 Å². The highest BCUT2D eigenvalue weighted by Gasteiger charge is 2.24. The topological polar surface area (TPSA) is 62.3 Å². The van der Waals surface area contributed by atoms with Crippen molar-refractivity contribution in [2.75, 3.05) is 11.4 Å². The molecule has 0 bridgehead atoms. The average Bonchev–Trinajstić information content (AvgIpc) is 2.97. The lowest BCUT2D eigenvalue weighted by Gasteiger charge is -2.16. The van der Waals surface area contributed by atoms with Gasteiger partial charge in [-0.05, 0) is 19.3 Å². The number of thiazole rings is 1. The standard InChI is InChI=1S/C14H21N3O2S/c1-9(2)10(3)15-12(18)7-11-8-20-14(16-11)17-6-4-5-13(17)19/h8-10H,4-7H2,1-3H3,(H,15,18)/t10-/m1/s1. The predicted molar refractivity (Wildman–Crippen MR) is 79.8 cm³/mol. The molecule has 1 atom stereocenters. The number of carbonyl (C=O) groups excluding carboxylic acids is 2. The van der Waals surface area contributed by atoms with Gasteiger partial charge in [-0.3, -0.25) is 14.5 Å². The minimum Gasteiger partial charge on any atom is -0.353 e. The van der Waals surface area contributed by atoms with Gasteiger partial charge in [-0.1, -0.05) is 13.8 Å². The summed E-state index contributed by atoms with van der Waals surface area (Å²) in [6, 6.07) is 0.153. The van der Waals surface area contributed by atoms with E-state index in [2.05, 4.69) is 24.1 Å². The van der Waals surface area contributed by atoms with Gasteiger partial charge in [0.1, 0.15) is 0 Å². The normalized spacial score (nSPS) is 16.8. The first-order chi connectivity index (χ1) is 9.47. The van der Waals surface area contributed by atoms with E-state index >= 15 is 0 Å². The van der Waals surface area contributed by atoms with Crippen molar-refractivity contribution in [1.29, 1.82) is 0 Å². The molecule has 0 aliphatic carbocycles. The van der Waals surface area contributed by atoms with Crippen LogP contribution in [-0.4, -0.2) is 29.4 Å². The van der Waals surface area contributed by atoms with Crippen LogP contribution in [0, 0.1) is 5.92 Å². The van der Waals surface area contributed by atoms with Gasteiger partial charge in [-0.15, -0.1) is 11.3 Å². The third-order valence-electron chi connectivity index (χ3n) is 3.57. The van der Waals surface area contributed by atoms with Crippen molar-refractivity contribution in [3.05, 3.63) is 11.1 Å². The van der Waals surface area contributed by atoms with Gasteiger partial charge < -0.3 is 5.32 Å². The van der Waals surface area contributed by atoms with Crippen LogP contribution in [0.5, 0.6) is 0 Å². The summed E-state index contributed by atoms with van der Waals surface area (Å²) in [5.74, 6) is 0.520. The molecule has 1 N–H and O–H groups in total. The molecule has 0 aromatic carbocycles. The zero-order chi connectivity index (χ0) is 14.7. The van der Waals surface area contributed by atoms with Crippen LogP contribution in [-0.2, 0) is 16.0 Å². The number of nitrogens with zero attached hydrogens (tertiary/aromatic N) is 2. The van der Waals surface area contributed by atoms with Crippen molar-refractivity contribution >= 4 is 28.3 Å². The summed E-state index contributed by atoms with van der Waals surface area (Å²) in [7, 11) is 0. The summed E-state index contributed by atoms with van der Waals surface area (Å²) < 4.78 is 0. The van der Waals surface area contributed by atoms with Crippen molar-refractivity contribution in [1.82, 2.24) is 10.3 Å². The number of hydrogen-bond donors (Lipinski definition) is 1. The average molecular weight is 295 g/mol. The molecule has 1 fully saturated rings. The number of amides is 2. The fourth-order valence-corrected chi connectivity index (χ4v) is 2.86. The Bertz CT molecular complexity index is 498. The molecule has 0 saturated carbocycles. The van der Waals surface area contributed by atoms with E-state index in [1.165, 1.54) is 11.3 Å². The SMILES string of the molecule is CC(C)[C@@H](C)NC(=O)Cc1csc(N2CCCC2=O)n1. The van der Waals surface area contributed by atoms with Crippen molar-refractivity contribution < 1.29 is 9.59 Å². The first kappa shape index (κ1) is 15.0. The zero-order valence-corrected chi connectivity index (χ0v) is 13.0. The van der Waals surface area contributed by atoms with E-state index in [-0.39, 0.29) is 24.3 Å². The highest BCUT2D eigenvalue weighted by molar-refractivity contribution is 7.14. The summed E-state index contributed by atoms with van der Waals surface area (Å²) in [4.78, 5) is 29.6. The van der Waals surface area contributed by atoms with Crippen LogP contribution in [0.2, 0.25) is 0 Å². The second-order valence-electron chi connectivity index (χ2n) is 5.55. The summed E-state index contributed by atoms with van der Waals surface area (Å²) >= 11 is 1.43. The minimum atomic E-state index is -0.0178. The van der Waals surface area contributed by atoms with E-state index in [0.29, 0.717) is 17.5 Å². The van der Waals surface area contributed by atoms with Gasteiger partial charge in [0.05, 0.1) is 12.1 Å². The fraction of sp³-hybridized carbons (Fsp3) is 0.643. The maximum absolute atomic E-state index is 11.9. The monoisotopic (exact) mass is 295 g/mol. The molecule has 1 aromatic heterocycles. The van der Waals surface area contributed by atoms with Crippen molar-refractivity contribution in [3.8, 4) is 0 Å². The zero-order valence-electron chi connectivity index (χ0n) is 12.2. The van der Waals surface area contributed by atoms with Gasteiger partial charge in [0.2, 0.25) is 11.8 Å². The maximum atomic E-state index is 11.9. The lowest BCUT2D eigenvalue weighted by Crippen LogP contribution is -2.37. The lowest BCUT2D eigenvalue weighted by atomic mass is 10.1. The Hall–Kier alpha value is -1.43. The molecule has 2 amide bonds. The Labute approximate surface area is 123 Å². The van der Waals surface area contributed by atoms with Crippen LogP contribution in [0.1, 0.15) is 39.3 Å². The number of nitrogens with one attached hydrogen (secondary N) is 1. The number of carbonyl (C=O) groups is 2. The lowest BCUT2D eigenvalue weighted by molar-refractivity contribution is -0.121. The Morgan fingerprint density at radius 3 is 2.85 bits per heavy atom. The van der Waals surface area contributed by atoms with E-state index in [0.717, 1.165) is 18.7 Å². The highest BCUT2D eigenvalue weighted by atomic mass is 32.1. The van der Waals surface area contributed by atoms with E-state index in [4.69, 9.17) is 0 Å². The Morgan fingerprint density at radius 2 is 2.25 bits per heavy atom. The Morgan fingerprint density at radius 1 is 1.50 bits per heavy atom. The molecule has 2 heterocycles. The highest BCUT2D eigenvalue weighted by Crippen LogP contribution is 2.25. The number of rotatable bonds is 5. The summed E-state index contributed by atoms with van der Waals surface area (Å²) in [6.45, 7) is 6.88. The molecule has 0 radical (unpaired) electrons. The van der Waals surface area contributed by atoms with Gasteiger partial charge in [0, 0.05) is 24.4 Å². The molecule has 1 saturated heterocycles. The van der Waals surface area contributed by atoms with Crippen molar-refractivity contribution in [3.63, 3.8) is 0 Å².